The number of hydrogen-bond acceptors (Lipinski definition) is 1. The van der Waals surface area contributed by atoms with Crippen LogP contribution in [0.5, 0.6) is 0 Å². The molecule has 3 nitrogen and oxygen atoms in total. The van der Waals surface area contributed by atoms with E-state index in [1.165, 1.54) is 30.4 Å². The van der Waals surface area contributed by atoms with Crippen molar-refractivity contribution in [3.8, 4) is 0 Å². The van der Waals surface area contributed by atoms with Gasteiger partial charge in [0.1, 0.15) is 0 Å². The maximum Gasteiger partial charge on any atom is 0.315 e. The molecule has 2 N–H and O–H groups in total. The van der Waals surface area contributed by atoms with Gasteiger partial charge < -0.3 is 10.6 Å². The second-order valence-corrected chi connectivity index (χ2v) is 5.83. The predicted molar refractivity (Wildman–Crippen MR) is 82.9 cm³/mol. The number of aryl methyl sites for hydroxylation is 2. The zero-order valence-corrected chi connectivity index (χ0v) is 12.5. The normalized spacial score (nSPS) is 15.8. The van der Waals surface area contributed by atoms with Crippen molar-refractivity contribution in [1.82, 2.24) is 10.6 Å². The Labute approximate surface area is 122 Å². The van der Waals surface area contributed by atoms with Crippen molar-refractivity contribution in [3.05, 3.63) is 35.4 Å². The van der Waals surface area contributed by atoms with Crippen LogP contribution in [0.15, 0.2) is 24.3 Å². The molecule has 2 amide bonds. The van der Waals surface area contributed by atoms with Crippen LogP contribution in [-0.4, -0.2) is 18.6 Å². The standard InChI is InChI=1S/C17H26N2O/c1-14-7-5-8-15(13-14)9-6-12-18-17(20)19-16-10-3-2-4-11-16/h5,7-8,13,16H,2-4,6,9-12H2,1H3,(H2,18,19,20). The van der Waals surface area contributed by atoms with E-state index >= 15 is 0 Å². The van der Waals surface area contributed by atoms with Crippen molar-refractivity contribution in [2.75, 3.05) is 6.54 Å². The summed E-state index contributed by atoms with van der Waals surface area (Å²) in [4.78, 5) is 11.8. The quantitative estimate of drug-likeness (QED) is 0.792. The lowest BCUT2D eigenvalue weighted by molar-refractivity contribution is 0.232. The van der Waals surface area contributed by atoms with Gasteiger partial charge in [-0.2, -0.15) is 0 Å². The summed E-state index contributed by atoms with van der Waals surface area (Å²) < 4.78 is 0. The molecule has 20 heavy (non-hydrogen) atoms. The van der Waals surface area contributed by atoms with Crippen molar-refractivity contribution in [3.63, 3.8) is 0 Å². The molecule has 110 valence electrons. The number of rotatable bonds is 5. The molecule has 1 fully saturated rings. The lowest BCUT2D eigenvalue weighted by Gasteiger charge is -2.22. The van der Waals surface area contributed by atoms with Crippen LogP contribution in [0.1, 0.15) is 49.7 Å². The highest BCUT2D eigenvalue weighted by molar-refractivity contribution is 5.74. The van der Waals surface area contributed by atoms with Crippen LogP contribution in [0, 0.1) is 6.92 Å². The summed E-state index contributed by atoms with van der Waals surface area (Å²) >= 11 is 0. The number of carbonyl (C=O) groups is 1. The van der Waals surface area contributed by atoms with Gasteiger partial charge in [-0.1, -0.05) is 49.1 Å². The average molecular weight is 274 g/mol. The number of urea groups is 1. The number of nitrogens with one attached hydrogen (secondary N) is 2. The van der Waals surface area contributed by atoms with E-state index in [4.69, 9.17) is 0 Å². The third kappa shape index (κ3) is 5.24. The van der Waals surface area contributed by atoms with Crippen LogP contribution in [0.4, 0.5) is 4.79 Å². The van der Waals surface area contributed by atoms with E-state index in [0.717, 1.165) is 32.2 Å². The summed E-state index contributed by atoms with van der Waals surface area (Å²) in [5.41, 5.74) is 2.64. The maximum absolute atomic E-state index is 11.8. The molecule has 0 heterocycles. The van der Waals surface area contributed by atoms with Gasteiger partial charge in [-0.25, -0.2) is 4.79 Å². The molecule has 0 saturated heterocycles. The second kappa shape index (κ2) is 7.93. The van der Waals surface area contributed by atoms with Gasteiger partial charge >= 0.3 is 6.03 Å². The van der Waals surface area contributed by atoms with E-state index in [1.807, 2.05) is 0 Å². The lowest BCUT2D eigenvalue weighted by atomic mass is 9.96. The Hall–Kier alpha value is -1.51. The minimum Gasteiger partial charge on any atom is -0.338 e. The number of hydrogen-bond donors (Lipinski definition) is 2. The number of amides is 2. The summed E-state index contributed by atoms with van der Waals surface area (Å²) in [5.74, 6) is 0. The van der Waals surface area contributed by atoms with Gasteiger partial charge in [-0.15, -0.1) is 0 Å². The highest BCUT2D eigenvalue weighted by Gasteiger charge is 2.14. The number of benzene rings is 1. The van der Waals surface area contributed by atoms with Crippen molar-refractivity contribution < 1.29 is 4.79 Å². The van der Waals surface area contributed by atoms with Crippen LogP contribution >= 0.6 is 0 Å². The Bertz CT molecular complexity index is 425. The fourth-order valence-electron chi connectivity index (χ4n) is 2.85. The Morgan fingerprint density at radius 1 is 1.25 bits per heavy atom. The smallest absolute Gasteiger partial charge is 0.315 e. The third-order valence-corrected chi connectivity index (χ3v) is 3.95. The van der Waals surface area contributed by atoms with E-state index in [2.05, 4.69) is 41.8 Å². The van der Waals surface area contributed by atoms with E-state index in [0.29, 0.717) is 6.04 Å². The van der Waals surface area contributed by atoms with Crippen LogP contribution in [0.3, 0.4) is 0 Å². The summed E-state index contributed by atoms with van der Waals surface area (Å²) in [7, 11) is 0. The SMILES string of the molecule is Cc1cccc(CCCNC(=O)NC2CCCCC2)c1. The Balaban J connectivity index is 1.59. The molecule has 0 aromatic heterocycles. The fourth-order valence-corrected chi connectivity index (χ4v) is 2.85. The molecule has 0 atom stereocenters. The summed E-state index contributed by atoms with van der Waals surface area (Å²) in [6.45, 7) is 2.85. The van der Waals surface area contributed by atoms with E-state index in [9.17, 15) is 4.79 Å². The molecule has 0 aliphatic heterocycles. The highest BCUT2D eigenvalue weighted by Crippen LogP contribution is 2.17. The Morgan fingerprint density at radius 3 is 2.80 bits per heavy atom. The van der Waals surface area contributed by atoms with Crippen LogP contribution in [0.25, 0.3) is 0 Å². The molecule has 0 spiro atoms. The summed E-state index contributed by atoms with van der Waals surface area (Å²) in [6, 6.07) is 8.95. The average Bonchev–Trinajstić information content (AvgIpc) is 2.45. The molecular weight excluding hydrogens is 248 g/mol. The van der Waals surface area contributed by atoms with Crippen molar-refractivity contribution in [2.24, 2.45) is 0 Å². The fraction of sp³-hybridized carbons (Fsp3) is 0.588. The molecule has 2 rings (SSSR count). The van der Waals surface area contributed by atoms with Crippen molar-refractivity contribution >= 4 is 6.03 Å². The first kappa shape index (κ1) is 14.9. The second-order valence-electron chi connectivity index (χ2n) is 5.83. The lowest BCUT2D eigenvalue weighted by Crippen LogP contribution is -2.43. The minimum absolute atomic E-state index is 0.00106. The zero-order valence-electron chi connectivity index (χ0n) is 12.5. The van der Waals surface area contributed by atoms with Gasteiger partial charge in [-0.3, -0.25) is 0 Å². The van der Waals surface area contributed by atoms with Gasteiger partial charge in [0.15, 0.2) is 0 Å². The molecule has 1 saturated carbocycles. The van der Waals surface area contributed by atoms with Gasteiger partial charge in [0, 0.05) is 12.6 Å². The molecule has 3 heteroatoms. The van der Waals surface area contributed by atoms with Gasteiger partial charge in [0.25, 0.3) is 0 Å². The van der Waals surface area contributed by atoms with Crippen molar-refractivity contribution in [2.45, 2.75) is 57.9 Å². The Morgan fingerprint density at radius 2 is 2.05 bits per heavy atom. The monoisotopic (exact) mass is 274 g/mol. The molecule has 0 unspecified atom stereocenters. The highest BCUT2D eigenvalue weighted by atomic mass is 16.2. The van der Waals surface area contributed by atoms with Gasteiger partial charge in [-0.05, 0) is 38.2 Å². The van der Waals surface area contributed by atoms with Gasteiger partial charge in [0.2, 0.25) is 0 Å². The van der Waals surface area contributed by atoms with Crippen LogP contribution in [0.2, 0.25) is 0 Å². The van der Waals surface area contributed by atoms with Crippen LogP contribution < -0.4 is 10.6 Å². The van der Waals surface area contributed by atoms with E-state index < -0.39 is 0 Å². The molecule has 1 aliphatic carbocycles. The zero-order chi connectivity index (χ0) is 14.2. The molecule has 0 radical (unpaired) electrons. The topological polar surface area (TPSA) is 41.1 Å². The number of carbonyl (C=O) groups excluding carboxylic acids is 1. The molecular formula is C17H26N2O. The van der Waals surface area contributed by atoms with Crippen molar-refractivity contribution in [1.29, 1.82) is 0 Å². The first-order chi connectivity index (χ1) is 9.74. The molecule has 0 bridgehead atoms. The third-order valence-electron chi connectivity index (χ3n) is 3.95. The molecule has 1 aromatic rings. The summed E-state index contributed by atoms with van der Waals surface area (Å²) in [5, 5.41) is 6.04. The largest absolute Gasteiger partial charge is 0.338 e. The molecule has 1 aromatic carbocycles. The Kier molecular flexibility index (Phi) is 5.90. The summed E-state index contributed by atoms with van der Waals surface area (Å²) in [6.07, 6.45) is 8.09. The maximum atomic E-state index is 11.8. The minimum atomic E-state index is 0.00106. The van der Waals surface area contributed by atoms with Crippen LogP contribution in [-0.2, 0) is 6.42 Å². The molecule has 1 aliphatic rings. The predicted octanol–water partition coefficient (Wildman–Crippen LogP) is 3.56. The first-order valence-corrected chi connectivity index (χ1v) is 7.84. The van der Waals surface area contributed by atoms with E-state index in [-0.39, 0.29) is 6.03 Å². The van der Waals surface area contributed by atoms with E-state index in [1.54, 1.807) is 0 Å². The first-order valence-electron chi connectivity index (χ1n) is 7.84. The van der Waals surface area contributed by atoms with Gasteiger partial charge in [0.05, 0.1) is 0 Å².